The number of phenolic OH excluding ortho intramolecular Hbond substituents is 1. The van der Waals surface area contributed by atoms with Crippen LogP contribution < -0.4 is 14.2 Å². The van der Waals surface area contributed by atoms with E-state index in [4.69, 9.17) is 14.2 Å². The summed E-state index contributed by atoms with van der Waals surface area (Å²) >= 11 is 0. The van der Waals surface area contributed by atoms with Crippen LogP contribution >= 0.6 is 0 Å². The fourth-order valence-electron chi connectivity index (χ4n) is 1.87. The molecule has 0 atom stereocenters. The van der Waals surface area contributed by atoms with Gasteiger partial charge in [-0.05, 0) is 35.4 Å². The molecule has 0 bridgehead atoms. The summed E-state index contributed by atoms with van der Waals surface area (Å²) in [5.74, 6) is 1.89. The monoisotopic (exact) mass is 260 g/mol. The van der Waals surface area contributed by atoms with Gasteiger partial charge in [0, 0.05) is 0 Å². The van der Waals surface area contributed by atoms with Crippen LogP contribution in [0.15, 0.2) is 36.4 Å². The van der Waals surface area contributed by atoms with Gasteiger partial charge < -0.3 is 19.3 Å². The summed E-state index contributed by atoms with van der Waals surface area (Å²) in [5, 5.41) is 9.60. The third-order valence-corrected chi connectivity index (χ3v) is 2.90. The fraction of sp³-hybridized carbons (Fsp3) is 0.200. The Kier molecular flexibility index (Phi) is 3.80. The summed E-state index contributed by atoms with van der Waals surface area (Å²) in [6.45, 7) is 0. The summed E-state index contributed by atoms with van der Waals surface area (Å²) in [6, 6.07) is 10.8. The summed E-state index contributed by atoms with van der Waals surface area (Å²) in [5.41, 5.74) is 1.88. The van der Waals surface area contributed by atoms with Gasteiger partial charge in [0.25, 0.3) is 0 Å². The topological polar surface area (TPSA) is 47.9 Å². The van der Waals surface area contributed by atoms with Gasteiger partial charge in [0.2, 0.25) is 0 Å². The Morgan fingerprint density at radius 1 is 0.684 bits per heavy atom. The van der Waals surface area contributed by atoms with E-state index in [1.54, 1.807) is 26.4 Å². The Morgan fingerprint density at radius 2 is 1.21 bits per heavy atom. The summed E-state index contributed by atoms with van der Waals surface area (Å²) < 4.78 is 15.6. The van der Waals surface area contributed by atoms with Gasteiger partial charge in [-0.2, -0.15) is 0 Å². The van der Waals surface area contributed by atoms with Crippen molar-refractivity contribution in [3.8, 4) is 34.1 Å². The molecule has 0 heterocycles. The van der Waals surface area contributed by atoms with Crippen LogP contribution in [0.25, 0.3) is 11.1 Å². The number of hydrogen-bond donors (Lipinski definition) is 1. The first-order valence-electron chi connectivity index (χ1n) is 5.79. The molecule has 0 aliphatic heterocycles. The minimum Gasteiger partial charge on any atom is -0.504 e. The average molecular weight is 260 g/mol. The summed E-state index contributed by atoms with van der Waals surface area (Å²) in [6.07, 6.45) is 0. The van der Waals surface area contributed by atoms with Crippen LogP contribution in [0.5, 0.6) is 23.0 Å². The highest BCUT2D eigenvalue weighted by Gasteiger charge is 2.08. The zero-order valence-corrected chi connectivity index (χ0v) is 11.1. The SMILES string of the molecule is COc1cc(-c2ccc(OC)c(OC)c2)ccc1O. The Labute approximate surface area is 112 Å². The number of phenols is 1. The number of ether oxygens (including phenoxy) is 3. The second-order valence-electron chi connectivity index (χ2n) is 3.96. The van der Waals surface area contributed by atoms with Gasteiger partial charge in [-0.15, -0.1) is 0 Å². The molecule has 0 aromatic heterocycles. The normalized spacial score (nSPS) is 10.1. The molecule has 100 valence electrons. The molecule has 2 aromatic rings. The molecule has 0 aliphatic carbocycles. The molecule has 0 spiro atoms. The smallest absolute Gasteiger partial charge is 0.161 e. The molecular formula is C15H16O4. The zero-order valence-electron chi connectivity index (χ0n) is 11.1. The molecule has 0 saturated heterocycles. The van der Waals surface area contributed by atoms with Gasteiger partial charge in [0.15, 0.2) is 23.0 Å². The molecule has 0 amide bonds. The van der Waals surface area contributed by atoms with Crippen LogP contribution in [0.4, 0.5) is 0 Å². The maximum atomic E-state index is 9.60. The van der Waals surface area contributed by atoms with E-state index in [0.29, 0.717) is 17.2 Å². The molecule has 2 aromatic carbocycles. The lowest BCUT2D eigenvalue weighted by molar-refractivity contribution is 0.355. The van der Waals surface area contributed by atoms with Gasteiger partial charge in [-0.25, -0.2) is 0 Å². The van der Waals surface area contributed by atoms with Gasteiger partial charge >= 0.3 is 0 Å². The van der Waals surface area contributed by atoms with Crippen LogP contribution in [0.3, 0.4) is 0 Å². The van der Waals surface area contributed by atoms with Crippen molar-refractivity contribution in [1.82, 2.24) is 0 Å². The molecule has 0 fully saturated rings. The van der Waals surface area contributed by atoms with E-state index < -0.39 is 0 Å². The predicted octanol–water partition coefficient (Wildman–Crippen LogP) is 3.09. The third-order valence-electron chi connectivity index (χ3n) is 2.90. The molecule has 0 unspecified atom stereocenters. The number of benzene rings is 2. The predicted molar refractivity (Wildman–Crippen MR) is 73.2 cm³/mol. The van der Waals surface area contributed by atoms with Crippen molar-refractivity contribution in [2.24, 2.45) is 0 Å². The van der Waals surface area contributed by atoms with E-state index in [9.17, 15) is 5.11 Å². The maximum Gasteiger partial charge on any atom is 0.161 e. The van der Waals surface area contributed by atoms with E-state index in [1.807, 2.05) is 24.3 Å². The lowest BCUT2D eigenvalue weighted by Gasteiger charge is -2.11. The first kappa shape index (κ1) is 13.1. The van der Waals surface area contributed by atoms with Gasteiger partial charge in [0.1, 0.15) is 0 Å². The highest BCUT2D eigenvalue weighted by Crippen LogP contribution is 2.35. The Balaban J connectivity index is 2.47. The van der Waals surface area contributed by atoms with Crippen LogP contribution in [-0.4, -0.2) is 26.4 Å². The minimum absolute atomic E-state index is 0.117. The van der Waals surface area contributed by atoms with E-state index in [2.05, 4.69) is 0 Å². The van der Waals surface area contributed by atoms with E-state index in [1.165, 1.54) is 7.11 Å². The van der Waals surface area contributed by atoms with Crippen molar-refractivity contribution in [1.29, 1.82) is 0 Å². The van der Waals surface area contributed by atoms with Crippen LogP contribution in [0.1, 0.15) is 0 Å². The molecular weight excluding hydrogens is 244 g/mol. The number of hydrogen-bond acceptors (Lipinski definition) is 4. The van der Waals surface area contributed by atoms with E-state index >= 15 is 0 Å². The molecule has 4 heteroatoms. The zero-order chi connectivity index (χ0) is 13.8. The second kappa shape index (κ2) is 5.52. The van der Waals surface area contributed by atoms with Gasteiger partial charge in [0.05, 0.1) is 21.3 Å². The molecule has 2 rings (SSSR count). The third kappa shape index (κ3) is 2.57. The van der Waals surface area contributed by atoms with Crippen LogP contribution in [0, 0.1) is 0 Å². The first-order valence-corrected chi connectivity index (χ1v) is 5.79. The van der Waals surface area contributed by atoms with Crippen molar-refractivity contribution in [2.75, 3.05) is 21.3 Å². The molecule has 0 aliphatic rings. The van der Waals surface area contributed by atoms with Crippen LogP contribution in [0.2, 0.25) is 0 Å². The number of aromatic hydroxyl groups is 1. The highest BCUT2D eigenvalue weighted by atomic mass is 16.5. The Morgan fingerprint density at radius 3 is 1.79 bits per heavy atom. The van der Waals surface area contributed by atoms with E-state index in [0.717, 1.165) is 11.1 Å². The second-order valence-corrected chi connectivity index (χ2v) is 3.96. The Bertz CT molecular complexity index is 578. The van der Waals surface area contributed by atoms with Crippen molar-refractivity contribution >= 4 is 0 Å². The van der Waals surface area contributed by atoms with Crippen molar-refractivity contribution in [3.63, 3.8) is 0 Å². The maximum absolute atomic E-state index is 9.60. The van der Waals surface area contributed by atoms with Crippen molar-refractivity contribution in [2.45, 2.75) is 0 Å². The lowest BCUT2D eigenvalue weighted by Crippen LogP contribution is -1.91. The molecule has 0 saturated carbocycles. The molecule has 4 nitrogen and oxygen atoms in total. The Hall–Kier alpha value is -2.36. The molecule has 1 N–H and O–H groups in total. The quantitative estimate of drug-likeness (QED) is 0.917. The fourth-order valence-corrected chi connectivity index (χ4v) is 1.87. The highest BCUT2D eigenvalue weighted by molar-refractivity contribution is 5.69. The van der Waals surface area contributed by atoms with E-state index in [-0.39, 0.29) is 5.75 Å². The lowest BCUT2D eigenvalue weighted by atomic mass is 10.0. The number of rotatable bonds is 4. The largest absolute Gasteiger partial charge is 0.504 e. The van der Waals surface area contributed by atoms with Crippen molar-refractivity contribution in [3.05, 3.63) is 36.4 Å². The minimum atomic E-state index is 0.117. The number of methoxy groups -OCH3 is 3. The standard InChI is InChI=1S/C15H16O4/c1-17-13-7-5-11(9-15(13)19-3)10-4-6-12(16)14(8-10)18-2/h4-9,16H,1-3H3. The average Bonchev–Trinajstić information content (AvgIpc) is 2.47. The first-order chi connectivity index (χ1) is 9.19. The molecule has 19 heavy (non-hydrogen) atoms. The van der Waals surface area contributed by atoms with Gasteiger partial charge in [-0.3, -0.25) is 0 Å². The van der Waals surface area contributed by atoms with Gasteiger partial charge in [-0.1, -0.05) is 12.1 Å². The van der Waals surface area contributed by atoms with Crippen LogP contribution in [-0.2, 0) is 0 Å². The molecule has 0 radical (unpaired) electrons. The summed E-state index contributed by atoms with van der Waals surface area (Å²) in [7, 11) is 4.72. The van der Waals surface area contributed by atoms with Crippen molar-refractivity contribution < 1.29 is 19.3 Å². The summed E-state index contributed by atoms with van der Waals surface area (Å²) in [4.78, 5) is 0.